The number of anilines is 1. The average Bonchev–Trinajstić information content (AvgIpc) is 3.98. The van der Waals surface area contributed by atoms with Gasteiger partial charge in [0.25, 0.3) is 11.1 Å². The largest absolute Gasteiger partial charge is 0.465 e. The molecule has 0 bridgehead atoms. The van der Waals surface area contributed by atoms with Crippen molar-refractivity contribution in [2.75, 3.05) is 11.9 Å². The Labute approximate surface area is 310 Å². The Morgan fingerprint density at radius 1 is 1.10 bits per heavy atom. The second-order valence-corrected chi connectivity index (χ2v) is 17.7. The molecule has 0 spiro atoms. The molecular formula is C35H37BrF3N5O6S2. The lowest BCUT2D eigenvalue weighted by molar-refractivity contribution is -0.140. The lowest BCUT2D eigenvalue weighted by Gasteiger charge is -2.30. The maximum Gasteiger partial charge on any atom is 0.416 e. The van der Waals surface area contributed by atoms with E-state index in [-0.39, 0.29) is 31.5 Å². The molecule has 2 saturated carbocycles. The first-order valence-electron chi connectivity index (χ1n) is 17.2. The van der Waals surface area contributed by atoms with E-state index in [0.717, 1.165) is 27.7 Å². The molecule has 5 atom stereocenters. The molecule has 2 aromatic carbocycles. The number of nitrogens with one attached hydrogen (secondary N) is 3. The van der Waals surface area contributed by atoms with Crippen molar-refractivity contribution in [3.63, 3.8) is 0 Å². The Morgan fingerprint density at radius 2 is 1.90 bits per heavy atom. The number of halogens is 4. The summed E-state index contributed by atoms with van der Waals surface area (Å²) in [5.74, 6) is -2.44. The van der Waals surface area contributed by atoms with E-state index in [1.807, 2.05) is 30.4 Å². The quantitative estimate of drug-likeness (QED) is 0.250. The number of nitrogens with zero attached hydrogens (tertiary/aromatic N) is 2. The summed E-state index contributed by atoms with van der Waals surface area (Å²) in [4.78, 5) is 48.3. The SMILES string of the molecule is O=C1N[C@]2(C(=O)NS(=O)(=O)C3CC3)C[C@H]2C=CCCCCC[C@H](Nc2cccc(C(F)(F)F)c2)C(=O)N2C[C@H](Oc3nc4ccc(Br)cc4s3)C[C@@H]12. The van der Waals surface area contributed by atoms with Gasteiger partial charge in [0.15, 0.2) is 0 Å². The third kappa shape index (κ3) is 7.95. The predicted octanol–water partition coefficient (Wildman–Crippen LogP) is 5.91. The van der Waals surface area contributed by atoms with Gasteiger partial charge in [-0.05, 0) is 74.9 Å². The van der Waals surface area contributed by atoms with Crippen LogP contribution in [0.25, 0.3) is 10.2 Å². The summed E-state index contributed by atoms with van der Waals surface area (Å²) in [6, 6.07) is 8.09. The van der Waals surface area contributed by atoms with Crippen LogP contribution in [-0.2, 0) is 30.6 Å². The Kier molecular flexibility index (Phi) is 10.1. The molecule has 3 aromatic rings. The molecule has 3 amide bonds. The van der Waals surface area contributed by atoms with Crippen molar-refractivity contribution in [1.29, 1.82) is 0 Å². The molecule has 11 nitrogen and oxygen atoms in total. The Morgan fingerprint density at radius 3 is 2.67 bits per heavy atom. The van der Waals surface area contributed by atoms with E-state index in [2.05, 4.69) is 36.3 Å². The molecule has 1 aromatic heterocycles. The Hall–Kier alpha value is -3.70. The fourth-order valence-electron chi connectivity index (χ4n) is 6.90. The number of benzene rings is 2. The molecule has 52 heavy (non-hydrogen) atoms. The highest BCUT2D eigenvalue weighted by Gasteiger charge is 2.62. The van der Waals surface area contributed by atoms with Gasteiger partial charge in [-0.15, -0.1) is 0 Å². The smallest absolute Gasteiger partial charge is 0.416 e. The van der Waals surface area contributed by atoms with Gasteiger partial charge < -0.3 is 20.3 Å². The number of carbonyl (C=O) groups excluding carboxylic acids is 3. The summed E-state index contributed by atoms with van der Waals surface area (Å²) in [5.41, 5.74) is -1.58. The normalized spacial score (nSPS) is 27.2. The minimum Gasteiger partial charge on any atom is -0.465 e. The fourth-order valence-corrected chi connectivity index (χ4v) is 9.70. The molecule has 4 aliphatic rings. The van der Waals surface area contributed by atoms with Crippen LogP contribution < -0.4 is 20.1 Å². The van der Waals surface area contributed by atoms with Crippen LogP contribution in [0, 0.1) is 5.92 Å². The maximum absolute atomic E-state index is 14.5. The van der Waals surface area contributed by atoms with Gasteiger partial charge in [0.1, 0.15) is 23.7 Å². The standard InChI is InChI=1S/C35H37BrF3N5O6S2/c36-22-11-14-26-29(16-22)51-33(41-26)50-24-17-28-30(45)42-34(32(47)43-52(48,49)25-12-13-25)18-21(34)7-4-2-1-3-5-10-27(31(46)44(28)19-24)40-23-9-6-8-20(15-23)35(37,38)39/h4,6-9,11,14-16,21,24-25,27-28,40H,1-3,5,10,12-13,17-19H2,(H,42,45)(H,43,47)/t21-,24-,27+,28+,34-/m1/s1. The fraction of sp³-hybridized carbons (Fsp3) is 0.486. The molecule has 3 N–H and O–H groups in total. The van der Waals surface area contributed by atoms with Crippen molar-refractivity contribution < 1.29 is 40.7 Å². The number of rotatable bonds is 7. The predicted molar refractivity (Wildman–Crippen MR) is 192 cm³/mol. The number of allylic oxidation sites excluding steroid dienone is 1. The van der Waals surface area contributed by atoms with Crippen molar-refractivity contribution in [3.8, 4) is 5.19 Å². The number of fused-ring (bicyclic) bond motifs is 3. The average molecular weight is 825 g/mol. The van der Waals surface area contributed by atoms with Crippen molar-refractivity contribution in [3.05, 3.63) is 64.7 Å². The zero-order valence-electron chi connectivity index (χ0n) is 27.8. The van der Waals surface area contributed by atoms with Crippen molar-refractivity contribution in [2.45, 2.75) is 92.9 Å². The van der Waals surface area contributed by atoms with E-state index >= 15 is 0 Å². The van der Waals surface area contributed by atoms with Gasteiger partial charge in [-0.2, -0.15) is 13.2 Å². The molecule has 3 heterocycles. The van der Waals surface area contributed by atoms with E-state index in [0.29, 0.717) is 42.8 Å². The zero-order chi connectivity index (χ0) is 36.8. The third-order valence-electron chi connectivity index (χ3n) is 9.97. The molecule has 7 rings (SSSR count). The first-order valence-corrected chi connectivity index (χ1v) is 20.4. The molecule has 1 saturated heterocycles. The van der Waals surface area contributed by atoms with Gasteiger partial charge in [0.2, 0.25) is 21.8 Å². The van der Waals surface area contributed by atoms with Crippen LogP contribution in [-0.4, -0.2) is 71.5 Å². The molecule has 0 radical (unpaired) electrons. The number of ether oxygens (including phenoxy) is 1. The van der Waals surface area contributed by atoms with Crippen LogP contribution in [0.1, 0.15) is 63.4 Å². The lowest BCUT2D eigenvalue weighted by atomic mass is 10.0. The highest BCUT2D eigenvalue weighted by molar-refractivity contribution is 9.10. The first-order chi connectivity index (χ1) is 24.7. The van der Waals surface area contributed by atoms with Gasteiger partial charge in [0.05, 0.1) is 27.6 Å². The second-order valence-electron chi connectivity index (χ2n) is 13.9. The molecule has 2 aliphatic heterocycles. The second kappa shape index (κ2) is 14.3. The third-order valence-corrected chi connectivity index (χ3v) is 13.2. The van der Waals surface area contributed by atoms with Gasteiger partial charge in [-0.25, -0.2) is 13.4 Å². The summed E-state index contributed by atoms with van der Waals surface area (Å²) < 4.78 is 76.4. The number of hydrogen-bond acceptors (Lipinski definition) is 9. The number of thiazole rings is 1. The van der Waals surface area contributed by atoms with E-state index in [9.17, 15) is 36.0 Å². The summed E-state index contributed by atoms with van der Waals surface area (Å²) >= 11 is 4.75. The number of alkyl halides is 3. The minimum absolute atomic E-state index is 0.0318. The van der Waals surface area contributed by atoms with Crippen LogP contribution in [0.2, 0.25) is 0 Å². The molecular weight excluding hydrogens is 787 g/mol. The number of hydrogen-bond donors (Lipinski definition) is 3. The Bertz CT molecular complexity index is 2020. The zero-order valence-corrected chi connectivity index (χ0v) is 31.0. The van der Waals surface area contributed by atoms with Crippen molar-refractivity contribution in [2.24, 2.45) is 5.92 Å². The number of amides is 3. The van der Waals surface area contributed by atoms with Crippen LogP contribution in [0.4, 0.5) is 18.9 Å². The highest BCUT2D eigenvalue weighted by atomic mass is 79.9. The van der Waals surface area contributed by atoms with E-state index in [1.165, 1.54) is 28.4 Å². The van der Waals surface area contributed by atoms with Crippen LogP contribution in [0.3, 0.4) is 0 Å². The molecule has 3 fully saturated rings. The maximum atomic E-state index is 14.5. The summed E-state index contributed by atoms with van der Waals surface area (Å²) in [7, 11) is -3.91. The topological polar surface area (TPSA) is 147 Å². The van der Waals surface area contributed by atoms with Crippen molar-refractivity contribution >= 4 is 70.9 Å². The number of sulfonamides is 1. The molecule has 2 aliphatic carbocycles. The molecule has 0 unspecified atom stereocenters. The summed E-state index contributed by atoms with van der Waals surface area (Å²) in [6.07, 6.45) is 2.57. The number of carbonyl (C=O) groups is 3. The first kappa shape index (κ1) is 36.6. The monoisotopic (exact) mass is 823 g/mol. The lowest BCUT2D eigenvalue weighted by Crippen LogP contribution is -2.57. The van der Waals surface area contributed by atoms with E-state index in [1.54, 1.807) is 0 Å². The van der Waals surface area contributed by atoms with Crippen molar-refractivity contribution in [1.82, 2.24) is 19.9 Å². The van der Waals surface area contributed by atoms with Crippen LogP contribution in [0.5, 0.6) is 5.19 Å². The summed E-state index contributed by atoms with van der Waals surface area (Å²) in [5, 5.41) is 5.53. The van der Waals surface area contributed by atoms with E-state index < -0.39 is 74.4 Å². The highest BCUT2D eigenvalue weighted by Crippen LogP contribution is 2.46. The number of aromatic nitrogens is 1. The van der Waals surface area contributed by atoms with Crippen LogP contribution in [0.15, 0.2) is 59.1 Å². The van der Waals surface area contributed by atoms with E-state index in [4.69, 9.17) is 4.74 Å². The van der Waals surface area contributed by atoms with Gasteiger partial charge in [-0.3, -0.25) is 19.1 Å². The molecule has 17 heteroatoms. The van der Waals surface area contributed by atoms with Gasteiger partial charge >= 0.3 is 6.18 Å². The Balaban J connectivity index is 1.19. The minimum atomic E-state index is -4.59. The molecule has 278 valence electrons. The van der Waals surface area contributed by atoms with Crippen LogP contribution >= 0.6 is 27.3 Å². The van der Waals surface area contributed by atoms with Gasteiger partial charge in [0, 0.05) is 22.5 Å². The summed E-state index contributed by atoms with van der Waals surface area (Å²) in [6.45, 7) is -0.0318. The van der Waals surface area contributed by atoms with Gasteiger partial charge in [-0.1, -0.05) is 58.3 Å².